The lowest BCUT2D eigenvalue weighted by atomic mass is 10.1. The molecular formula is C14H17N3O. The first-order chi connectivity index (χ1) is 8.74. The van der Waals surface area contributed by atoms with Crippen LogP contribution in [0.4, 0.5) is 0 Å². The van der Waals surface area contributed by atoms with Crippen LogP contribution in [0.15, 0.2) is 33.7 Å². The highest BCUT2D eigenvalue weighted by molar-refractivity contribution is 5.83. The van der Waals surface area contributed by atoms with Gasteiger partial charge in [-0.3, -0.25) is 0 Å². The molecule has 1 saturated carbocycles. The number of aliphatic imine (C=N–C) groups is 1. The first-order valence-electron chi connectivity index (χ1n) is 6.27. The minimum absolute atomic E-state index is 0.530. The van der Waals surface area contributed by atoms with Gasteiger partial charge in [0.15, 0.2) is 5.96 Å². The van der Waals surface area contributed by atoms with Crippen molar-refractivity contribution in [2.75, 3.05) is 0 Å². The highest BCUT2D eigenvalue weighted by atomic mass is 16.3. The van der Waals surface area contributed by atoms with Gasteiger partial charge in [0, 0.05) is 17.0 Å². The molecule has 2 aromatic rings. The molecule has 4 nitrogen and oxygen atoms in total. The van der Waals surface area contributed by atoms with Gasteiger partial charge in [-0.1, -0.05) is 18.2 Å². The van der Waals surface area contributed by atoms with E-state index in [2.05, 4.69) is 16.4 Å². The predicted octanol–water partition coefficient (Wildman–Crippen LogP) is 2.31. The van der Waals surface area contributed by atoms with Crippen molar-refractivity contribution in [1.82, 2.24) is 5.32 Å². The largest absolute Gasteiger partial charge is 0.461 e. The van der Waals surface area contributed by atoms with Crippen molar-refractivity contribution in [1.29, 1.82) is 0 Å². The van der Waals surface area contributed by atoms with Gasteiger partial charge in [0.25, 0.3) is 0 Å². The minimum Gasteiger partial charge on any atom is -0.461 e. The van der Waals surface area contributed by atoms with Crippen molar-refractivity contribution in [3.05, 3.63) is 35.6 Å². The van der Waals surface area contributed by atoms with Crippen LogP contribution in [0, 0.1) is 6.92 Å². The Kier molecular flexibility index (Phi) is 2.70. The summed E-state index contributed by atoms with van der Waals surface area (Å²) in [6.07, 6.45) is 2.40. The molecule has 1 aromatic carbocycles. The van der Waals surface area contributed by atoms with Crippen LogP contribution in [-0.4, -0.2) is 12.0 Å². The zero-order chi connectivity index (χ0) is 12.5. The maximum atomic E-state index is 5.83. The molecule has 0 amide bonds. The molecule has 1 fully saturated rings. The molecule has 0 spiro atoms. The number of fused-ring (bicyclic) bond motifs is 1. The van der Waals surface area contributed by atoms with Crippen LogP contribution in [0.25, 0.3) is 11.0 Å². The monoisotopic (exact) mass is 243 g/mol. The summed E-state index contributed by atoms with van der Waals surface area (Å²) in [7, 11) is 0. The van der Waals surface area contributed by atoms with Gasteiger partial charge < -0.3 is 15.5 Å². The maximum Gasteiger partial charge on any atom is 0.189 e. The fraction of sp³-hybridized carbons (Fsp3) is 0.357. The summed E-state index contributed by atoms with van der Waals surface area (Å²) < 4.78 is 5.69. The molecule has 1 aliphatic rings. The van der Waals surface area contributed by atoms with E-state index in [1.165, 1.54) is 12.8 Å². The number of furan rings is 1. The van der Waals surface area contributed by atoms with Crippen LogP contribution >= 0.6 is 0 Å². The molecule has 94 valence electrons. The summed E-state index contributed by atoms with van der Waals surface area (Å²) in [4.78, 5) is 4.38. The molecule has 4 heteroatoms. The smallest absolute Gasteiger partial charge is 0.189 e. The highest BCUT2D eigenvalue weighted by Crippen LogP contribution is 2.25. The van der Waals surface area contributed by atoms with Crippen LogP contribution in [0.3, 0.4) is 0 Å². The molecular weight excluding hydrogens is 226 g/mol. The van der Waals surface area contributed by atoms with E-state index in [1.54, 1.807) is 0 Å². The zero-order valence-corrected chi connectivity index (χ0v) is 10.4. The van der Waals surface area contributed by atoms with Crippen molar-refractivity contribution in [3.63, 3.8) is 0 Å². The lowest BCUT2D eigenvalue weighted by Gasteiger charge is -2.02. The molecule has 1 aliphatic carbocycles. The van der Waals surface area contributed by atoms with Crippen molar-refractivity contribution in [3.8, 4) is 0 Å². The third-order valence-electron chi connectivity index (χ3n) is 3.24. The van der Waals surface area contributed by atoms with Gasteiger partial charge in [-0.05, 0) is 25.8 Å². The standard InChI is InChI=1S/C14H17N3O/c1-9-12(8-16-14(15)17-10-6-7-10)11-4-2-3-5-13(11)18-9/h2-5,10H,6-8H2,1H3,(H3,15,16,17). The Morgan fingerprint density at radius 2 is 2.22 bits per heavy atom. The van der Waals surface area contributed by atoms with Gasteiger partial charge in [-0.2, -0.15) is 0 Å². The van der Waals surface area contributed by atoms with Crippen LogP contribution in [-0.2, 0) is 6.54 Å². The summed E-state index contributed by atoms with van der Waals surface area (Å²) in [5.74, 6) is 1.45. The second-order valence-corrected chi connectivity index (χ2v) is 4.75. The fourth-order valence-electron chi connectivity index (χ4n) is 2.06. The molecule has 3 rings (SSSR count). The Hall–Kier alpha value is -1.97. The van der Waals surface area contributed by atoms with Gasteiger partial charge in [0.2, 0.25) is 0 Å². The van der Waals surface area contributed by atoms with E-state index in [0.717, 1.165) is 22.3 Å². The van der Waals surface area contributed by atoms with Gasteiger partial charge in [-0.25, -0.2) is 4.99 Å². The Balaban J connectivity index is 1.82. The number of nitrogens with zero attached hydrogens (tertiary/aromatic N) is 1. The number of nitrogens with two attached hydrogens (primary N) is 1. The van der Waals surface area contributed by atoms with E-state index in [9.17, 15) is 0 Å². The summed E-state index contributed by atoms with van der Waals surface area (Å²) >= 11 is 0. The van der Waals surface area contributed by atoms with E-state index in [-0.39, 0.29) is 0 Å². The minimum atomic E-state index is 0.530. The first-order valence-corrected chi connectivity index (χ1v) is 6.27. The number of para-hydroxylation sites is 1. The molecule has 0 saturated heterocycles. The molecule has 18 heavy (non-hydrogen) atoms. The lowest BCUT2D eigenvalue weighted by molar-refractivity contribution is 0.572. The quantitative estimate of drug-likeness (QED) is 0.642. The molecule has 1 aromatic heterocycles. The highest BCUT2D eigenvalue weighted by Gasteiger charge is 2.21. The topological polar surface area (TPSA) is 63.5 Å². The predicted molar refractivity (Wildman–Crippen MR) is 72.4 cm³/mol. The Labute approximate surface area is 106 Å². The van der Waals surface area contributed by atoms with Crippen molar-refractivity contribution in [2.45, 2.75) is 32.4 Å². The maximum absolute atomic E-state index is 5.83. The van der Waals surface area contributed by atoms with E-state index in [0.29, 0.717) is 18.5 Å². The van der Waals surface area contributed by atoms with Gasteiger partial charge >= 0.3 is 0 Å². The summed E-state index contributed by atoms with van der Waals surface area (Å²) in [5.41, 5.74) is 7.86. The Morgan fingerprint density at radius 1 is 1.44 bits per heavy atom. The third kappa shape index (κ3) is 2.18. The first kappa shape index (κ1) is 11.1. The average molecular weight is 243 g/mol. The van der Waals surface area contributed by atoms with E-state index < -0.39 is 0 Å². The summed E-state index contributed by atoms with van der Waals surface area (Å²) in [5, 5.41) is 4.30. The normalized spacial score (nSPS) is 16.2. The third-order valence-corrected chi connectivity index (χ3v) is 3.24. The van der Waals surface area contributed by atoms with Gasteiger partial charge in [0.05, 0.1) is 6.54 Å². The Bertz CT molecular complexity index is 596. The zero-order valence-electron chi connectivity index (χ0n) is 10.4. The van der Waals surface area contributed by atoms with Crippen LogP contribution in [0.5, 0.6) is 0 Å². The van der Waals surface area contributed by atoms with Gasteiger partial charge in [0.1, 0.15) is 11.3 Å². The summed E-state index contributed by atoms with van der Waals surface area (Å²) in [6.45, 7) is 2.53. The van der Waals surface area contributed by atoms with Gasteiger partial charge in [-0.15, -0.1) is 0 Å². The fourth-order valence-corrected chi connectivity index (χ4v) is 2.06. The van der Waals surface area contributed by atoms with Crippen molar-refractivity contribution < 1.29 is 4.42 Å². The summed E-state index contributed by atoms with van der Waals surface area (Å²) in [6, 6.07) is 8.55. The van der Waals surface area contributed by atoms with E-state index in [4.69, 9.17) is 10.2 Å². The number of hydrogen-bond donors (Lipinski definition) is 2. The van der Waals surface area contributed by atoms with E-state index >= 15 is 0 Å². The lowest BCUT2D eigenvalue weighted by Crippen LogP contribution is -2.33. The molecule has 0 radical (unpaired) electrons. The van der Waals surface area contributed by atoms with Crippen molar-refractivity contribution >= 4 is 16.9 Å². The van der Waals surface area contributed by atoms with Crippen molar-refractivity contribution in [2.24, 2.45) is 10.7 Å². The number of rotatable bonds is 3. The molecule has 1 heterocycles. The number of hydrogen-bond acceptors (Lipinski definition) is 2. The van der Waals surface area contributed by atoms with E-state index in [1.807, 2.05) is 25.1 Å². The molecule has 3 N–H and O–H groups in total. The molecule has 0 atom stereocenters. The number of guanidine groups is 1. The van der Waals surface area contributed by atoms with Crippen LogP contribution < -0.4 is 11.1 Å². The average Bonchev–Trinajstić information content (AvgIpc) is 3.09. The second kappa shape index (κ2) is 4.37. The molecule has 0 bridgehead atoms. The number of benzene rings is 1. The molecule has 0 unspecified atom stereocenters. The SMILES string of the molecule is Cc1oc2ccccc2c1CN=C(N)NC1CC1. The molecule has 0 aliphatic heterocycles. The number of nitrogens with one attached hydrogen (secondary N) is 1. The van der Waals surface area contributed by atoms with Crippen LogP contribution in [0.1, 0.15) is 24.2 Å². The van der Waals surface area contributed by atoms with Crippen LogP contribution in [0.2, 0.25) is 0 Å². The number of aryl methyl sites for hydroxylation is 1. The second-order valence-electron chi connectivity index (χ2n) is 4.75. The Morgan fingerprint density at radius 3 is 3.00 bits per heavy atom.